The molecule has 0 aromatic heterocycles. The molecule has 1 spiro atoms. The van der Waals surface area contributed by atoms with Crippen LogP contribution in [0.5, 0.6) is 5.75 Å². The Labute approximate surface area is 212 Å². The van der Waals surface area contributed by atoms with Crippen LogP contribution >= 0.6 is 0 Å². The lowest BCUT2D eigenvalue weighted by Crippen LogP contribution is -2.56. The van der Waals surface area contributed by atoms with E-state index >= 15 is 0 Å². The van der Waals surface area contributed by atoms with Gasteiger partial charge in [0, 0.05) is 24.9 Å². The van der Waals surface area contributed by atoms with Crippen LogP contribution in [0.15, 0.2) is 24.3 Å². The average Bonchev–Trinajstić information content (AvgIpc) is 3.40. The number of ether oxygens (including phenoxy) is 2. The van der Waals surface area contributed by atoms with Crippen molar-refractivity contribution in [2.45, 2.75) is 83.1 Å². The number of nitrogens with zero attached hydrogens (tertiary/aromatic N) is 1. The van der Waals surface area contributed by atoms with Crippen molar-refractivity contribution >= 4 is 23.4 Å². The van der Waals surface area contributed by atoms with Gasteiger partial charge in [-0.1, -0.05) is 13.3 Å². The van der Waals surface area contributed by atoms with E-state index in [1.54, 1.807) is 24.3 Å². The molecule has 0 radical (unpaired) electrons. The minimum atomic E-state index is -1.06. The summed E-state index contributed by atoms with van der Waals surface area (Å²) in [4.78, 5) is 42.6. The van der Waals surface area contributed by atoms with Crippen LogP contribution in [0.1, 0.15) is 59.8 Å². The van der Waals surface area contributed by atoms with E-state index in [0.717, 1.165) is 12.8 Å². The molecule has 0 saturated carbocycles. The van der Waals surface area contributed by atoms with Gasteiger partial charge in [0.05, 0.1) is 24.0 Å². The molecule has 3 saturated heterocycles. The first-order valence-corrected chi connectivity index (χ1v) is 13.2. The molecule has 9 nitrogen and oxygen atoms in total. The molecular weight excluding hydrogens is 462 g/mol. The number of carbonyl (C=O) groups excluding carboxylic acids is 3. The molecule has 6 atom stereocenters. The SMILES string of the molecule is CCCC(C)NC(=O)C1N(CCCO)C(=O)[C@@H]2[C@@H](C(=O)Nc3ccc(OCC)cc3)[C@@]3(C)CCC12O3. The van der Waals surface area contributed by atoms with Crippen molar-refractivity contribution in [2.24, 2.45) is 11.8 Å². The van der Waals surface area contributed by atoms with Crippen LogP contribution in [-0.4, -0.2) is 70.8 Å². The molecule has 3 N–H and O–H groups in total. The maximum atomic E-state index is 13.8. The lowest BCUT2D eigenvalue weighted by Gasteiger charge is -2.34. The Morgan fingerprint density at radius 1 is 1.22 bits per heavy atom. The van der Waals surface area contributed by atoms with E-state index in [4.69, 9.17) is 9.47 Å². The molecule has 2 bridgehead atoms. The van der Waals surface area contributed by atoms with E-state index in [2.05, 4.69) is 17.6 Å². The Morgan fingerprint density at radius 3 is 2.58 bits per heavy atom. The van der Waals surface area contributed by atoms with Crippen molar-refractivity contribution in [3.05, 3.63) is 24.3 Å². The normalized spacial score (nSPS) is 31.3. The van der Waals surface area contributed by atoms with Gasteiger partial charge in [-0.15, -0.1) is 0 Å². The Morgan fingerprint density at radius 2 is 1.94 bits per heavy atom. The third kappa shape index (κ3) is 4.47. The monoisotopic (exact) mass is 501 g/mol. The highest BCUT2D eigenvalue weighted by Gasteiger charge is 2.77. The minimum absolute atomic E-state index is 0.0410. The minimum Gasteiger partial charge on any atom is -0.494 e. The molecule has 3 heterocycles. The van der Waals surface area contributed by atoms with Gasteiger partial charge in [0.2, 0.25) is 17.7 Å². The zero-order chi connectivity index (χ0) is 26.1. The van der Waals surface area contributed by atoms with E-state index in [1.165, 1.54) is 4.90 Å². The molecule has 4 rings (SSSR count). The second-order valence-corrected chi connectivity index (χ2v) is 10.5. The predicted octanol–water partition coefficient (Wildman–Crippen LogP) is 2.48. The van der Waals surface area contributed by atoms with Gasteiger partial charge < -0.3 is 30.1 Å². The summed E-state index contributed by atoms with van der Waals surface area (Å²) in [6.07, 6.45) is 3.21. The van der Waals surface area contributed by atoms with Crippen LogP contribution < -0.4 is 15.4 Å². The fraction of sp³-hybridized carbons (Fsp3) is 0.667. The summed E-state index contributed by atoms with van der Waals surface area (Å²) in [5, 5.41) is 15.5. The zero-order valence-electron chi connectivity index (χ0n) is 21.7. The summed E-state index contributed by atoms with van der Waals surface area (Å²) in [7, 11) is 0. The molecule has 9 heteroatoms. The van der Waals surface area contributed by atoms with Crippen LogP contribution in [0, 0.1) is 11.8 Å². The number of anilines is 1. The molecule has 3 amide bonds. The number of nitrogens with one attached hydrogen (secondary N) is 2. The molecule has 1 aromatic carbocycles. The Bertz CT molecular complexity index is 984. The Kier molecular flexibility index (Phi) is 7.61. The summed E-state index contributed by atoms with van der Waals surface area (Å²) < 4.78 is 12.1. The summed E-state index contributed by atoms with van der Waals surface area (Å²) in [5.41, 5.74) is -1.29. The average molecular weight is 502 g/mol. The second-order valence-electron chi connectivity index (χ2n) is 10.5. The van der Waals surface area contributed by atoms with E-state index in [9.17, 15) is 19.5 Å². The molecule has 3 aliphatic rings. The lowest BCUT2D eigenvalue weighted by atomic mass is 9.66. The number of aliphatic hydroxyl groups is 1. The van der Waals surface area contributed by atoms with E-state index in [-0.39, 0.29) is 36.9 Å². The molecule has 0 aliphatic carbocycles. The van der Waals surface area contributed by atoms with Gasteiger partial charge in [0.15, 0.2) is 0 Å². The van der Waals surface area contributed by atoms with Crippen LogP contribution in [0.4, 0.5) is 5.69 Å². The van der Waals surface area contributed by atoms with Crippen molar-refractivity contribution < 1.29 is 29.0 Å². The Balaban J connectivity index is 1.62. The standard InChI is InChI=1S/C27H39N3O6/c1-5-8-17(3)28-24(33)22-27-14-13-26(4,36-27)20(21(27)25(34)30(22)15-7-16-31)23(32)29-18-9-11-19(12-10-18)35-6-2/h9-12,17,20-22,31H,5-8,13-16H2,1-4H3,(H,28,33)(H,29,32)/t17?,20-,21-,22?,26+,27?/m0/s1. The maximum Gasteiger partial charge on any atom is 0.246 e. The number of hydrogen-bond donors (Lipinski definition) is 3. The highest BCUT2D eigenvalue weighted by Crippen LogP contribution is 2.63. The van der Waals surface area contributed by atoms with Crippen LogP contribution in [0.3, 0.4) is 0 Å². The van der Waals surface area contributed by atoms with Crippen molar-refractivity contribution in [1.29, 1.82) is 0 Å². The quantitative estimate of drug-likeness (QED) is 0.429. The van der Waals surface area contributed by atoms with Crippen molar-refractivity contribution in [1.82, 2.24) is 10.2 Å². The van der Waals surface area contributed by atoms with Crippen LogP contribution in [-0.2, 0) is 19.1 Å². The highest BCUT2D eigenvalue weighted by atomic mass is 16.5. The van der Waals surface area contributed by atoms with Crippen LogP contribution in [0.2, 0.25) is 0 Å². The first kappa shape index (κ1) is 26.4. The van der Waals surface area contributed by atoms with Crippen LogP contribution in [0.25, 0.3) is 0 Å². The van der Waals surface area contributed by atoms with Gasteiger partial charge >= 0.3 is 0 Å². The van der Waals surface area contributed by atoms with Gasteiger partial charge in [0.25, 0.3) is 0 Å². The third-order valence-electron chi connectivity index (χ3n) is 7.91. The predicted molar refractivity (Wildman–Crippen MR) is 134 cm³/mol. The number of rotatable bonds is 11. The van der Waals surface area contributed by atoms with E-state index < -0.39 is 29.1 Å². The van der Waals surface area contributed by atoms with Gasteiger partial charge in [-0.3, -0.25) is 14.4 Å². The van der Waals surface area contributed by atoms with Gasteiger partial charge in [-0.25, -0.2) is 0 Å². The fourth-order valence-corrected chi connectivity index (χ4v) is 6.46. The number of aliphatic hydroxyl groups excluding tert-OH is 1. The smallest absolute Gasteiger partial charge is 0.246 e. The number of amides is 3. The topological polar surface area (TPSA) is 117 Å². The first-order chi connectivity index (χ1) is 17.2. The Hall–Kier alpha value is -2.65. The van der Waals surface area contributed by atoms with Crippen molar-refractivity contribution in [2.75, 3.05) is 25.1 Å². The highest BCUT2D eigenvalue weighted by molar-refractivity contribution is 6.02. The molecular formula is C27H39N3O6. The summed E-state index contributed by atoms with van der Waals surface area (Å²) in [6.45, 7) is 8.48. The molecule has 1 aromatic rings. The summed E-state index contributed by atoms with van der Waals surface area (Å²) in [5.74, 6) is -1.56. The summed E-state index contributed by atoms with van der Waals surface area (Å²) in [6, 6.07) is 6.24. The van der Waals surface area contributed by atoms with Crippen molar-refractivity contribution in [3.63, 3.8) is 0 Å². The zero-order valence-corrected chi connectivity index (χ0v) is 21.7. The largest absolute Gasteiger partial charge is 0.494 e. The first-order valence-electron chi connectivity index (χ1n) is 13.2. The number of carbonyl (C=O) groups is 3. The van der Waals surface area contributed by atoms with Crippen molar-refractivity contribution in [3.8, 4) is 5.75 Å². The second kappa shape index (κ2) is 10.4. The fourth-order valence-electron chi connectivity index (χ4n) is 6.46. The number of benzene rings is 1. The molecule has 3 aliphatic heterocycles. The molecule has 3 unspecified atom stereocenters. The van der Waals surface area contributed by atoms with Gasteiger partial charge in [-0.2, -0.15) is 0 Å². The maximum absolute atomic E-state index is 13.8. The number of likely N-dealkylation sites (tertiary alicyclic amines) is 1. The third-order valence-corrected chi connectivity index (χ3v) is 7.91. The van der Waals surface area contributed by atoms with Gasteiger partial charge in [0.1, 0.15) is 17.4 Å². The van der Waals surface area contributed by atoms with E-state index in [0.29, 0.717) is 37.3 Å². The molecule has 3 fully saturated rings. The summed E-state index contributed by atoms with van der Waals surface area (Å²) >= 11 is 0. The van der Waals surface area contributed by atoms with Gasteiger partial charge in [-0.05, 0) is 70.7 Å². The van der Waals surface area contributed by atoms with E-state index in [1.807, 2.05) is 20.8 Å². The number of fused-ring (bicyclic) bond motifs is 1. The molecule has 198 valence electrons. The number of hydrogen-bond acceptors (Lipinski definition) is 6. The lowest BCUT2D eigenvalue weighted by molar-refractivity contribution is -0.145. The molecule has 36 heavy (non-hydrogen) atoms.